The molecule has 3 N–H and O–H groups in total. The lowest BCUT2D eigenvalue weighted by Crippen LogP contribution is -2.54. The van der Waals surface area contributed by atoms with E-state index in [0.717, 1.165) is 18.4 Å². The number of thiol groups is 1. The summed E-state index contributed by atoms with van der Waals surface area (Å²) in [6.45, 7) is 9.12. The summed E-state index contributed by atoms with van der Waals surface area (Å²) < 4.78 is 5.25. The molecule has 0 saturated heterocycles. The zero-order valence-electron chi connectivity index (χ0n) is 19.7. The lowest BCUT2D eigenvalue weighted by atomic mass is 10.0. The van der Waals surface area contributed by atoms with Crippen molar-refractivity contribution in [2.75, 3.05) is 25.4 Å². The molecule has 32 heavy (non-hydrogen) atoms. The van der Waals surface area contributed by atoms with Crippen molar-refractivity contribution >= 4 is 30.5 Å². The Hall–Kier alpha value is -2.26. The Labute approximate surface area is 196 Å². The van der Waals surface area contributed by atoms with Crippen molar-refractivity contribution in [2.24, 2.45) is 0 Å². The Morgan fingerprint density at radius 2 is 1.94 bits per heavy atom. The number of aryl methyl sites for hydroxylation is 1. The second kappa shape index (κ2) is 13.3. The van der Waals surface area contributed by atoms with E-state index in [1.165, 1.54) is 4.90 Å². The number of ether oxygens (including phenoxy) is 1. The minimum atomic E-state index is -1.03. The predicted molar refractivity (Wildman–Crippen MR) is 128 cm³/mol. The number of alkyl carbamates (subject to hydrolysis) is 1. The molecule has 8 nitrogen and oxygen atoms in total. The standard InChI is InChI=1S/C23H37N3O5S/c1-6-7-11-24-20(28)19(17-10-8-9-16(2)14-17)26(12-13-27)21(29)18(15-32)25-22(30)31-23(3,4)5/h8-10,14,18-19,27,32H,6-7,11-13,15H2,1-5H3,(H,24,28)(H,25,30). The van der Waals surface area contributed by atoms with E-state index in [1.807, 2.05) is 32.0 Å². The van der Waals surface area contributed by atoms with E-state index in [2.05, 4.69) is 23.3 Å². The van der Waals surface area contributed by atoms with E-state index in [1.54, 1.807) is 26.8 Å². The molecule has 180 valence electrons. The minimum Gasteiger partial charge on any atom is -0.444 e. The van der Waals surface area contributed by atoms with Crippen molar-refractivity contribution in [2.45, 2.75) is 65.1 Å². The highest BCUT2D eigenvalue weighted by atomic mass is 32.1. The van der Waals surface area contributed by atoms with E-state index in [0.29, 0.717) is 12.1 Å². The summed E-state index contributed by atoms with van der Waals surface area (Å²) in [6.07, 6.45) is 0.962. The molecule has 0 fully saturated rings. The Bertz CT molecular complexity index is 766. The number of hydrogen-bond donors (Lipinski definition) is 4. The van der Waals surface area contributed by atoms with Crippen LogP contribution in [0.4, 0.5) is 4.79 Å². The zero-order valence-corrected chi connectivity index (χ0v) is 20.6. The van der Waals surface area contributed by atoms with Gasteiger partial charge < -0.3 is 25.4 Å². The van der Waals surface area contributed by atoms with Crippen LogP contribution in [0.15, 0.2) is 24.3 Å². The fraction of sp³-hybridized carbons (Fsp3) is 0.609. The number of carbonyl (C=O) groups excluding carboxylic acids is 3. The topological polar surface area (TPSA) is 108 Å². The minimum absolute atomic E-state index is 0.00199. The molecule has 0 aromatic heterocycles. The fourth-order valence-electron chi connectivity index (χ4n) is 3.11. The van der Waals surface area contributed by atoms with Gasteiger partial charge in [0.2, 0.25) is 11.8 Å². The molecule has 0 saturated carbocycles. The van der Waals surface area contributed by atoms with Crippen LogP contribution in [0.3, 0.4) is 0 Å². The van der Waals surface area contributed by atoms with Crippen LogP contribution in [0.5, 0.6) is 0 Å². The van der Waals surface area contributed by atoms with E-state index in [9.17, 15) is 19.5 Å². The fourth-order valence-corrected chi connectivity index (χ4v) is 3.36. The Morgan fingerprint density at radius 3 is 2.47 bits per heavy atom. The first-order valence-corrected chi connectivity index (χ1v) is 11.5. The van der Waals surface area contributed by atoms with E-state index < -0.39 is 29.7 Å². The van der Waals surface area contributed by atoms with E-state index >= 15 is 0 Å². The third-order valence-electron chi connectivity index (χ3n) is 4.54. The highest BCUT2D eigenvalue weighted by molar-refractivity contribution is 7.80. The summed E-state index contributed by atoms with van der Waals surface area (Å²) in [5, 5.41) is 15.1. The molecule has 3 amide bonds. The normalized spacial score (nSPS) is 13.1. The van der Waals surface area contributed by atoms with Crippen LogP contribution >= 0.6 is 12.6 Å². The monoisotopic (exact) mass is 467 g/mol. The number of benzene rings is 1. The molecule has 1 rings (SSSR count). The van der Waals surface area contributed by atoms with Gasteiger partial charge in [0, 0.05) is 18.8 Å². The van der Waals surface area contributed by atoms with Crippen molar-refractivity contribution in [3.8, 4) is 0 Å². The molecule has 0 aliphatic carbocycles. The summed E-state index contributed by atoms with van der Waals surface area (Å²) in [4.78, 5) is 40.1. The van der Waals surface area contributed by atoms with Crippen LogP contribution < -0.4 is 10.6 Å². The van der Waals surface area contributed by atoms with Crippen LogP contribution in [0.1, 0.15) is 57.7 Å². The second-order valence-corrected chi connectivity index (χ2v) is 8.96. The quantitative estimate of drug-likeness (QED) is 0.296. The van der Waals surface area contributed by atoms with Crippen molar-refractivity contribution < 1.29 is 24.2 Å². The second-order valence-electron chi connectivity index (χ2n) is 8.60. The molecular formula is C23H37N3O5S. The Balaban J connectivity index is 3.25. The number of carbonyl (C=O) groups is 3. The molecule has 0 aliphatic heterocycles. The maximum atomic E-state index is 13.4. The van der Waals surface area contributed by atoms with Gasteiger partial charge in [0.25, 0.3) is 0 Å². The molecule has 2 atom stereocenters. The van der Waals surface area contributed by atoms with Gasteiger partial charge in [-0.15, -0.1) is 0 Å². The van der Waals surface area contributed by atoms with Gasteiger partial charge in [-0.05, 0) is 39.7 Å². The molecule has 0 bridgehead atoms. The Kier molecular flexibility index (Phi) is 11.6. The lowest BCUT2D eigenvalue weighted by molar-refractivity contribution is -0.142. The van der Waals surface area contributed by atoms with Crippen LogP contribution in [-0.2, 0) is 14.3 Å². The van der Waals surface area contributed by atoms with Gasteiger partial charge in [0.05, 0.1) is 6.61 Å². The van der Waals surface area contributed by atoms with Crippen molar-refractivity contribution in [3.05, 3.63) is 35.4 Å². The van der Waals surface area contributed by atoms with Gasteiger partial charge in [-0.1, -0.05) is 43.2 Å². The van der Waals surface area contributed by atoms with Crippen LogP contribution in [0, 0.1) is 6.92 Å². The van der Waals surface area contributed by atoms with E-state index in [-0.39, 0.29) is 24.8 Å². The van der Waals surface area contributed by atoms with Crippen LogP contribution in [0.2, 0.25) is 0 Å². The smallest absolute Gasteiger partial charge is 0.408 e. The summed E-state index contributed by atoms with van der Waals surface area (Å²) >= 11 is 4.22. The van der Waals surface area contributed by atoms with Crippen molar-refractivity contribution in [3.63, 3.8) is 0 Å². The van der Waals surface area contributed by atoms with Gasteiger partial charge >= 0.3 is 6.09 Å². The number of hydrogen-bond acceptors (Lipinski definition) is 6. The SMILES string of the molecule is CCCCNC(=O)C(c1cccc(C)c1)N(CCO)C(=O)C(CS)NC(=O)OC(C)(C)C. The number of aliphatic hydroxyl groups excluding tert-OH is 1. The van der Waals surface area contributed by atoms with Crippen LogP contribution in [0.25, 0.3) is 0 Å². The van der Waals surface area contributed by atoms with E-state index in [4.69, 9.17) is 4.74 Å². The van der Waals surface area contributed by atoms with Gasteiger partial charge in [-0.3, -0.25) is 9.59 Å². The summed E-state index contributed by atoms with van der Waals surface area (Å²) in [5.74, 6) is -0.879. The summed E-state index contributed by atoms with van der Waals surface area (Å²) in [6, 6.07) is 5.32. The summed E-state index contributed by atoms with van der Waals surface area (Å²) in [7, 11) is 0. The predicted octanol–water partition coefficient (Wildman–Crippen LogP) is 2.60. The number of amides is 3. The highest BCUT2D eigenvalue weighted by Gasteiger charge is 2.35. The number of aliphatic hydroxyl groups is 1. The maximum Gasteiger partial charge on any atom is 0.408 e. The van der Waals surface area contributed by atoms with Gasteiger partial charge in [0.1, 0.15) is 17.7 Å². The summed E-state index contributed by atoms with van der Waals surface area (Å²) in [5.41, 5.74) is 0.821. The number of nitrogens with zero attached hydrogens (tertiary/aromatic N) is 1. The molecule has 9 heteroatoms. The average Bonchev–Trinajstić information content (AvgIpc) is 2.70. The Morgan fingerprint density at radius 1 is 1.25 bits per heavy atom. The molecule has 0 heterocycles. The molecule has 2 unspecified atom stereocenters. The molecule has 1 aromatic rings. The van der Waals surface area contributed by atoms with Gasteiger partial charge in [-0.2, -0.15) is 12.6 Å². The average molecular weight is 468 g/mol. The first-order chi connectivity index (χ1) is 15.0. The number of unbranched alkanes of at least 4 members (excludes halogenated alkanes) is 1. The molecule has 0 spiro atoms. The molecule has 1 aromatic carbocycles. The third kappa shape index (κ3) is 9.08. The van der Waals surface area contributed by atoms with Crippen molar-refractivity contribution in [1.29, 1.82) is 0 Å². The first kappa shape index (κ1) is 27.8. The largest absolute Gasteiger partial charge is 0.444 e. The van der Waals surface area contributed by atoms with Gasteiger partial charge in [-0.25, -0.2) is 4.79 Å². The number of rotatable bonds is 11. The zero-order chi connectivity index (χ0) is 24.3. The third-order valence-corrected chi connectivity index (χ3v) is 4.91. The highest BCUT2D eigenvalue weighted by Crippen LogP contribution is 2.23. The van der Waals surface area contributed by atoms with Crippen molar-refractivity contribution in [1.82, 2.24) is 15.5 Å². The molecule has 0 aliphatic rings. The maximum absolute atomic E-state index is 13.4. The van der Waals surface area contributed by atoms with Crippen LogP contribution in [-0.4, -0.2) is 65.0 Å². The number of nitrogens with one attached hydrogen (secondary N) is 2. The first-order valence-electron chi connectivity index (χ1n) is 10.9. The molecule has 0 radical (unpaired) electrons. The molecular weight excluding hydrogens is 430 g/mol. The van der Waals surface area contributed by atoms with Gasteiger partial charge in [0.15, 0.2) is 0 Å². The lowest BCUT2D eigenvalue weighted by Gasteiger charge is -2.34.